The number of carbonyl (C=O) groups is 2. The van der Waals surface area contributed by atoms with Gasteiger partial charge in [-0.1, -0.05) is 20.4 Å². The van der Waals surface area contributed by atoms with E-state index in [0.717, 1.165) is 0 Å². The van der Waals surface area contributed by atoms with E-state index in [9.17, 15) is 9.59 Å². The molecule has 1 atom stereocenters. The van der Waals surface area contributed by atoms with Crippen molar-refractivity contribution in [3.05, 3.63) is 12.3 Å². The van der Waals surface area contributed by atoms with Gasteiger partial charge in [0.25, 0.3) is 0 Å². The van der Waals surface area contributed by atoms with Gasteiger partial charge >= 0.3 is 6.09 Å². The summed E-state index contributed by atoms with van der Waals surface area (Å²) < 4.78 is 0. The second-order valence-electron chi connectivity index (χ2n) is 4.29. The summed E-state index contributed by atoms with van der Waals surface area (Å²) in [5.41, 5.74) is 0.637. The van der Waals surface area contributed by atoms with Gasteiger partial charge in [0.2, 0.25) is 5.91 Å². The molecule has 0 saturated carbocycles. The van der Waals surface area contributed by atoms with Gasteiger partial charge in [0.05, 0.1) is 5.28 Å². The maximum absolute atomic E-state index is 11.5. The monoisotopic (exact) mass is 271 g/mol. The highest BCUT2D eigenvalue weighted by Crippen LogP contribution is 2.02. The average Bonchev–Trinajstić information content (AvgIpc) is 2.34. The van der Waals surface area contributed by atoms with Gasteiger partial charge in [0.1, 0.15) is 6.04 Å². The molecular formula is C11H21N5O3. The van der Waals surface area contributed by atoms with Crippen molar-refractivity contribution in [2.45, 2.75) is 26.8 Å². The van der Waals surface area contributed by atoms with Crippen LogP contribution in [0.25, 0.3) is 0 Å². The highest BCUT2D eigenvalue weighted by molar-refractivity contribution is 5.85. The molecule has 108 valence electrons. The summed E-state index contributed by atoms with van der Waals surface area (Å²) in [6, 6.07) is -0.688. The molecular weight excluding hydrogens is 250 g/mol. The fraction of sp³-hybridized carbons (Fsp3) is 0.636. The summed E-state index contributed by atoms with van der Waals surface area (Å²) in [5.74, 6) is -0.384. The first-order valence-electron chi connectivity index (χ1n) is 5.78. The molecule has 8 heteroatoms. The standard InChI is InChI=1S/C11H21N5O3/c1-7(2)9(10(17)12-5)13-11(18)19-15-14-16(6)8(3)4/h7,9H,3H2,1-2,4-6H3,(H,12,17)(H,13,18)/b15-14-/t9-/m0/s1. The van der Waals surface area contributed by atoms with Crippen LogP contribution in [0.15, 0.2) is 22.8 Å². The third-order valence-corrected chi connectivity index (χ3v) is 2.32. The Balaban J connectivity index is 4.36. The van der Waals surface area contributed by atoms with Gasteiger partial charge in [-0.05, 0) is 18.1 Å². The molecule has 0 heterocycles. The zero-order chi connectivity index (χ0) is 15.0. The first kappa shape index (κ1) is 16.9. The zero-order valence-electron chi connectivity index (χ0n) is 11.9. The molecule has 19 heavy (non-hydrogen) atoms. The zero-order valence-corrected chi connectivity index (χ0v) is 11.9. The van der Waals surface area contributed by atoms with Gasteiger partial charge in [-0.2, -0.15) is 0 Å². The lowest BCUT2D eigenvalue weighted by Gasteiger charge is -2.19. The number of likely N-dealkylation sites (N-methyl/N-ethyl adjacent to an activating group) is 1. The van der Waals surface area contributed by atoms with Gasteiger partial charge in [0.15, 0.2) is 0 Å². The fourth-order valence-corrected chi connectivity index (χ4v) is 1.03. The molecule has 0 aliphatic carbocycles. The van der Waals surface area contributed by atoms with Crippen LogP contribution in [0.5, 0.6) is 0 Å². The van der Waals surface area contributed by atoms with Crippen molar-refractivity contribution in [2.75, 3.05) is 14.1 Å². The Hall–Kier alpha value is -2.12. The van der Waals surface area contributed by atoms with E-state index in [-0.39, 0.29) is 11.8 Å². The van der Waals surface area contributed by atoms with E-state index in [1.54, 1.807) is 27.8 Å². The molecule has 0 radical (unpaired) electrons. The Labute approximate surface area is 112 Å². The summed E-state index contributed by atoms with van der Waals surface area (Å²) in [6.45, 7) is 8.95. The molecule has 0 bridgehead atoms. The van der Waals surface area contributed by atoms with E-state index in [0.29, 0.717) is 5.70 Å². The van der Waals surface area contributed by atoms with Crippen molar-refractivity contribution in [1.29, 1.82) is 0 Å². The Morgan fingerprint density at radius 1 is 1.37 bits per heavy atom. The highest BCUT2D eigenvalue weighted by Gasteiger charge is 2.23. The van der Waals surface area contributed by atoms with Gasteiger partial charge < -0.3 is 10.6 Å². The normalized spacial score (nSPS) is 12.1. The number of nitrogens with one attached hydrogen (secondary N) is 2. The summed E-state index contributed by atoms with van der Waals surface area (Å²) in [5, 5.41) is 13.0. The molecule has 0 rings (SSSR count). The van der Waals surface area contributed by atoms with Crippen molar-refractivity contribution in [1.82, 2.24) is 15.6 Å². The van der Waals surface area contributed by atoms with E-state index < -0.39 is 12.1 Å². The van der Waals surface area contributed by atoms with Crippen molar-refractivity contribution in [2.24, 2.45) is 16.4 Å². The number of carbonyl (C=O) groups excluding carboxylic acids is 2. The molecule has 0 aliphatic rings. The SMILES string of the molecule is C=C(C)N(C)/N=N\OC(=O)N[C@H](C(=O)NC)C(C)C. The Bertz CT molecular complexity index is 367. The summed E-state index contributed by atoms with van der Waals surface area (Å²) in [4.78, 5) is 27.4. The van der Waals surface area contributed by atoms with E-state index in [2.05, 4.69) is 32.6 Å². The largest absolute Gasteiger partial charge is 0.435 e. The second kappa shape index (κ2) is 8.06. The molecule has 0 spiro atoms. The van der Waals surface area contributed by atoms with Crippen molar-refractivity contribution < 1.29 is 14.4 Å². The van der Waals surface area contributed by atoms with Crippen LogP contribution in [0.1, 0.15) is 20.8 Å². The van der Waals surface area contributed by atoms with Crippen LogP contribution in [0, 0.1) is 5.92 Å². The van der Waals surface area contributed by atoms with Crippen LogP contribution in [0.2, 0.25) is 0 Å². The molecule has 0 aromatic rings. The number of rotatable bonds is 6. The summed E-state index contributed by atoms with van der Waals surface area (Å²) in [6.07, 6.45) is -0.846. The summed E-state index contributed by atoms with van der Waals surface area (Å²) in [7, 11) is 3.10. The van der Waals surface area contributed by atoms with E-state index in [4.69, 9.17) is 0 Å². The second-order valence-corrected chi connectivity index (χ2v) is 4.29. The average molecular weight is 271 g/mol. The first-order chi connectivity index (χ1) is 8.79. The minimum atomic E-state index is -0.846. The Morgan fingerprint density at radius 3 is 2.37 bits per heavy atom. The molecule has 0 aliphatic heterocycles. The Morgan fingerprint density at radius 2 is 1.95 bits per heavy atom. The molecule has 2 N–H and O–H groups in total. The van der Waals surface area contributed by atoms with Gasteiger partial charge in [-0.3, -0.25) is 14.6 Å². The lowest BCUT2D eigenvalue weighted by molar-refractivity contribution is -0.123. The van der Waals surface area contributed by atoms with Gasteiger partial charge in [-0.25, -0.2) is 4.79 Å². The van der Waals surface area contributed by atoms with Crippen molar-refractivity contribution >= 4 is 12.0 Å². The molecule has 0 unspecified atom stereocenters. The quantitative estimate of drug-likeness (QED) is 0.561. The van der Waals surface area contributed by atoms with Gasteiger partial charge in [-0.15, -0.1) is 0 Å². The topological polar surface area (TPSA) is 95.4 Å². The molecule has 0 aromatic carbocycles. The molecule has 2 amide bonds. The van der Waals surface area contributed by atoms with Gasteiger partial charge in [0, 0.05) is 19.8 Å². The molecule has 8 nitrogen and oxygen atoms in total. The third kappa shape index (κ3) is 6.39. The predicted molar refractivity (Wildman–Crippen MR) is 69.7 cm³/mol. The predicted octanol–water partition coefficient (Wildman–Crippen LogP) is 1.23. The molecule has 0 fully saturated rings. The minimum absolute atomic E-state index is 0.0810. The number of hydrogen-bond donors (Lipinski definition) is 2. The van der Waals surface area contributed by atoms with E-state index in [1.165, 1.54) is 12.1 Å². The fourth-order valence-electron chi connectivity index (χ4n) is 1.03. The van der Waals surface area contributed by atoms with Crippen molar-refractivity contribution in [3.8, 4) is 0 Å². The third-order valence-electron chi connectivity index (χ3n) is 2.32. The number of hydrogen-bond acceptors (Lipinski definition) is 5. The number of nitrogens with zero attached hydrogens (tertiary/aromatic N) is 3. The van der Waals surface area contributed by atoms with Crippen LogP contribution in [0.3, 0.4) is 0 Å². The lowest BCUT2D eigenvalue weighted by Crippen LogP contribution is -2.48. The Kier molecular flexibility index (Phi) is 7.16. The highest BCUT2D eigenvalue weighted by atomic mass is 16.7. The smallest absolute Gasteiger partial charge is 0.357 e. The maximum Gasteiger partial charge on any atom is 0.435 e. The van der Waals surface area contributed by atoms with Crippen LogP contribution >= 0.6 is 0 Å². The van der Waals surface area contributed by atoms with Crippen LogP contribution in [-0.2, 0) is 9.63 Å². The lowest BCUT2D eigenvalue weighted by atomic mass is 10.0. The number of amides is 2. The van der Waals surface area contributed by atoms with Crippen molar-refractivity contribution in [3.63, 3.8) is 0 Å². The maximum atomic E-state index is 11.5. The van der Waals surface area contributed by atoms with E-state index in [1.807, 2.05) is 0 Å². The van der Waals surface area contributed by atoms with Crippen LogP contribution < -0.4 is 10.6 Å². The molecule has 0 saturated heterocycles. The van der Waals surface area contributed by atoms with Crippen LogP contribution in [-0.4, -0.2) is 37.1 Å². The summed E-state index contributed by atoms with van der Waals surface area (Å²) >= 11 is 0. The number of allylic oxidation sites excluding steroid dienone is 1. The van der Waals surface area contributed by atoms with E-state index >= 15 is 0 Å². The van der Waals surface area contributed by atoms with Crippen LogP contribution in [0.4, 0.5) is 4.79 Å². The minimum Gasteiger partial charge on any atom is -0.357 e. The molecule has 0 aromatic heterocycles. The first-order valence-corrected chi connectivity index (χ1v) is 5.78.